The summed E-state index contributed by atoms with van der Waals surface area (Å²) in [4.78, 5) is 16.7. The number of aromatic amines is 1. The molecule has 0 unspecified atom stereocenters. The van der Waals surface area contributed by atoms with Crippen LogP contribution in [0.2, 0.25) is 0 Å². The number of nitrogens with zero attached hydrogens (tertiary/aromatic N) is 2. The van der Waals surface area contributed by atoms with Gasteiger partial charge in [-0.25, -0.2) is 0 Å². The number of nitrogens with one attached hydrogen (secondary N) is 2. The summed E-state index contributed by atoms with van der Waals surface area (Å²) in [5, 5.41) is 10.6. The third-order valence-electron chi connectivity index (χ3n) is 6.22. The van der Waals surface area contributed by atoms with Gasteiger partial charge in [-0.1, -0.05) is 12.1 Å². The number of amides is 1. The van der Waals surface area contributed by atoms with Crippen molar-refractivity contribution >= 4 is 5.91 Å². The molecule has 1 aliphatic rings. The van der Waals surface area contributed by atoms with Crippen LogP contribution in [0, 0.1) is 5.92 Å². The molecule has 0 saturated heterocycles. The lowest BCUT2D eigenvalue weighted by Gasteiger charge is -2.29. The van der Waals surface area contributed by atoms with Crippen molar-refractivity contribution in [1.29, 1.82) is 0 Å². The molecule has 1 fully saturated rings. The van der Waals surface area contributed by atoms with E-state index in [1.807, 2.05) is 48.9 Å². The van der Waals surface area contributed by atoms with Crippen LogP contribution in [-0.4, -0.2) is 40.8 Å². The maximum absolute atomic E-state index is 12.5. The normalized spacial score (nSPS) is 19.2. The summed E-state index contributed by atoms with van der Waals surface area (Å²) < 4.78 is 11.1. The van der Waals surface area contributed by atoms with Crippen molar-refractivity contribution in [3.63, 3.8) is 0 Å². The minimum atomic E-state index is -0.587. The number of methoxy groups -OCH3 is 1. The van der Waals surface area contributed by atoms with Crippen molar-refractivity contribution in [1.82, 2.24) is 20.5 Å². The highest BCUT2D eigenvalue weighted by Gasteiger charge is 2.26. The van der Waals surface area contributed by atoms with Crippen molar-refractivity contribution in [2.24, 2.45) is 5.92 Å². The second kappa shape index (κ2) is 10.3. The van der Waals surface area contributed by atoms with E-state index in [2.05, 4.69) is 20.5 Å². The average Bonchev–Trinajstić information content (AvgIpc) is 3.34. The van der Waals surface area contributed by atoms with Gasteiger partial charge in [-0.05, 0) is 68.4 Å². The van der Waals surface area contributed by atoms with Crippen LogP contribution in [0.15, 0.2) is 55.0 Å². The van der Waals surface area contributed by atoms with Crippen molar-refractivity contribution in [2.45, 2.75) is 44.6 Å². The fourth-order valence-corrected chi connectivity index (χ4v) is 4.37. The van der Waals surface area contributed by atoms with E-state index < -0.39 is 6.10 Å². The molecular formula is C25H30N4O3. The summed E-state index contributed by atoms with van der Waals surface area (Å²) >= 11 is 0. The first-order chi connectivity index (χ1) is 15.7. The first-order valence-corrected chi connectivity index (χ1v) is 11.2. The van der Waals surface area contributed by atoms with Crippen LogP contribution in [0.4, 0.5) is 0 Å². The second-order valence-electron chi connectivity index (χ2n) is 8.31. The number of pyridine rings is 1. The van der Waals surface area contributed by atoms with Gasteiger partial charge in [0.2, 0.25) is 0 Å². The number of para-hydroxylation sites is 2. The summed E-state index contributed by atoms with van der Waals surface area (Å²) in [5.74, 6) is 2.02. The molecule has 1 aromatic carbocycles. The maximum Gasteiger partial charge on any atom is 0.260 e. The van der Waals surface area contributed by atoms with Gasteiger partial charge in [-0.3, -0.25) is 14.9 Å². The highest BCUT2D eigenvalue weighted by molar-refractivity contribution is 5.80. The molecule has 4 rings (SSSR count). The summed E-state index contributed by atoms with van der Waals surface area (Å²) in [6, 6.07) is 11.4. The number of carbonyl (C=O) groups is 1. The number of aromatic nitrogens is 3. The number of rotatable bonds is 8. The molecule has 1 amide bonds. The molecular weight excluding hydrogens is 404 g/mol. The van der Waals surface area contributed by atoms with E-state index in [9.17, 15) is 4.79 Å². The lowest BCUT2D eigenvalue weighted by Crippen LogP contribution is -2.39. The van der Waals surface area contributed by atoms with Crippen LogP contribution >= 0.6 is 0 Å². The van der Waals surface area contributed by atoms with Crippen molar-refractivity contribution in [2.75, 3.05) is 13.7 Å². The summed E-state index contributed by atoms with van der Waals surface area (Å²) in [6.45, 7) is 2.43. The molecule has 2 N–H and O–H groups in total. The summed E-state index contributed by atoms with van der Waals surface area (Å²) in [6.07, 6.45) is 9.23. The number of carbonyl (C=O) groups excluding carboxylic acids is 1. The van der Waals surface area contributed by atoms with Crippen LogP contribution in [0.1, 0.15) is 44.2 Å². The fraction of sp³-hybridized carbons (Fsp3) is 0.400. The molecule has 1 saturated carbocycles. The molecule has 1 aliphatic carbocycles. The zero-order valence-corrected chi connectivity index (χ0v) is 18.6. The van der Waals surface area contributed by atoms with Crippen LogP contribution in [0.25, 0.3) is 11.1 Å². The van der Waals surface area contributed by atoms with Crippen molar-refractivity contribution < 1.29 is 14.3 Å². The third-order valence-corrected chi connectivity index (χ3v) is 6.22. The van der Waals surface area contributed by atoms with Crippen LogP contribution in [-0.2, 0) is 4.79 Å². The van der Waals surface area contributed by atoms with E-state index >= 15 is 0 Å². The lowest BCUT2D eigenvalue weighted by molar-refractivity contribution is -0.127. The fourth-order valence-electron chi connectivity index (χ4n) is 4.37. The Bertz CT molecular complexity index is 1010. The SMILES string of the molecule is COc1ccccc1O[C@@H](C)C(=O)NCC1CCC(c2[nH]ncc2-c2ccncc2)CC1. The molecule has 0 spiro atoms. The van der Waals surface area contributed by atoms with Crippen LogP contribution < -0.4 is 14.8 Å². The molecule has 2 heterocycles. The monoisotopic (exact) mass is 434 g/mol. The molecule has 32 heavy (non-hydrogen) atoms. The Morgan fingerprint density at radius 1 is 1.12 bits per heavy atom. The Morgan fingerprint density at radius 3 is 2.56 bits per heavy atom. The van der Waals surface area contributed by atoms with E-state index in [0.29, 0.717) is 29.9 Å². The van der Waals surface area contributed by atoms with Gasteiger partial charge in [-0.15, -0.1) is 0 Å². The zero-order chi connectivity index (χ0) is 22.3. The van der Waals surface area contributed by atoms with Gasteiger partial charge < -0.3 is 14.8 Å². The Morgan fingerprint density at radius 2 is 1.84 bits per heavy atom. The minimum Gasteiger partial charge on any atom is -0.493 e. The Hall–Kier alpha value is -3.35. The predicted octanol–water partition coefficient (Wildman–Crippen LogP) is 4.34. The maximum atomic E-state index is 12.5. The molecule has 1 atom stereocenters. The zero-order valence-electron chi connectivity index (χ0n) is 18.6. The van der Waals surface area contributed by atoms with E-state index in [0.717, 1.165) is 36.8 Å². The van der Waals surface area contributed by atoms with E-state index in [1.165, 1.54) is 5.69 Å². The Kier molecular flexibility index (Phi) is 7.04. The van der Waals surface area contributed by atoms with Crippen molar-refractivity contribution in [3.05, 3.63) is 60.7 Å². The Balaban J connectivity index is 1.26. The number of ether oxygens (including phenoxy) is 2. The topological polar surface area (TPSA) is 89.1 Å². The Labute approximate surface area is 188 Å². The van der Waals surface area contributed by atoms with Gasteiger partial charge in [0.05, 0.1) is 13.3 Å². The van der Waals surface area contributed by atoms with Gasteiger partial charge >= 0.3 is 0 Å². The molecule has 2 aromatic heterocycles. The molecule has 0 bridgehead atoms. The predicted molar refractivity (Wildman–Crippen MR) is 123 cm³/mol. The molecule has 3 aromatic rings. The first kappa shape index (κ1) is 21.9. The molecule has 168 valence electrons. The summed E-state index contributed by atoms with van der Waals surface area (Å²) in [7, 11) is 1.59. The summed E-state index contributed by atoms with van der Waals surface area (Å²) in [5.41, 5.74) is 3.51. The van der Waals surface area contributed by atoms with Crippen LogP contribution in [0.5, 0.6) is 11.5 Å². The second-order valence-corrected chi connectivity index (χ2v) is 8.31. The third kappa shape index (κ3) is 5.10. The highest BCUT2D eigenvalue weighted by atomic mass is 16.5. The largest absolute Gasteiger partial charge is 0.493 e. The van der Waals surface area contributed by atoms with Gasteiger partial charge in [0, 0.05) is 36.1 Å². The highest BCUT2D eigenvalue weighted by Crippen LogP contribution is 2.38. The van der Waals surface area contributed by atoms with Gasteiger partial charge in [0.15, 0.2) is 17.6 Å². The van der Waals surface area contributed by atoms with Crippen molar-refractivity contribution in [3.8, 4) is 22.6 Å². The van der Waals surface area contributed by atoms with E-state index in [4.69, 9.17) is 9.47 Å². The number of benzene rings is 1. The number of hydrogen-bond donors (Lipinski definition) is 2. The van der Waals surface area contributed by atoms with Gasteiger partial charge in [0.25, 0.3) is 5.91 Å². The molecule has 0 aliphatic heterocycles. The molecule has 7 heteroatoms. The van der Waals surface area contributed by atoms with E-state index in [1.54, 1.807) is 20.1 Å². The quantitative estimate of drug-likeness (QED) is 0.551. The molecule has 7 nitrogen and oxygen atoms in total. The first-order valence-electron chi connectivity index (χ1n) is 11.2. The van der Waals surface area contributed by atoms with Gasteiger partial charge in [-0.2, -0.15) is 5.10 Å². The average molecular weight is 435 g/mol. The van der Waals surface area contributed by atoms with Crippen LogP contribution in [0.3, 0.4) is 0 Å². The number of hydrogen-bond acceptors (Lipinski definition) is 5. The lowest BCUT2D eigenvalue weighted by atomic mass is 9.79. The number of H-pyrrole nitrogens is 1. The molecule has 0 radical (unpaired) electrons. The smallest absolute Gasteiger partial charge is 0.260 e. The van der Waals surface area contributed by atoms with Gasteiger partial charge in [0.1, 0.15) is 0 Å². The van der Waals surface area contributed by atoms with E-state index in [-0.39, 0.29) is 5.91 Å². The minimum absolute atomic E-state index is 0.105. The standard InChI is InChI=1S/C25H30N4O3/c1-17(32-23-6-4-3-5-22(23)31-2)25(30)27-15-18-7-9-20(10-8-18)24-21(16-28-29-24)19-11-13-26-14-12-19/h3-6,11-14,16-18,20H,7-10,15H2,1-2H3,(H,27,30)(H,28,29)/t17-,18?,20?/m0/s1.